The minimum absolute atomic E-state index is 0.0538. The van der Waals surface area contributed by atoms with E-state index in [9.17, 15) is 18.0 Å². The molecule has 0 unspecified atom stereocenters. The Bertz CT molecular complexity index is 821. The van der Waals surface area contributed by atoms with Gasteiger partial charge in [0.2, 0.25) is 5.91 Å². The normalized spacial score (nSPS) is 13.9. The maximum absolute atomic E-state index is 12.8. The van der Waals surface area contributed by atoms with Crippen LogP contribution in [0.1, 0.15) is 23.6 Å². The first-order valence-corrected chi connectivity index (χ1v) is 8.80. The molecule has 0 bridgehead atoms. The first-order valence-electron chi connectivity index (χ1n) is 8.80. The number of hydrogen-bond donors (Lipinski definition) is 1. The molecule has 4 nitrogen and oxygen atoms in total. The van der Waals surface area contributed by atoms with Crippen molar-refractivity contribution in [2.24, 2.45) is 0 Å². The largest absolute Gasteiger partial charge is 0.494 e. The zero-order chi connectivity index (χ0) is 19.4. The summed E-state index contributed by atoms with van der Waals surface area (Å²) < 4.78 is 43.8. The molecule has 0 radical (unpaired) electrons. The van der Waals surface area contributed by atoms with Gasteiger partial charge in [-0.2, -0.15) is 13.2 Å². The van der Waals surface area contributed by atoms with Crippen LogP contribution in [0.3, 0.4) is 0 Å². The third-order valence-corrected chi connectivity index (χ3v) is 4.49. The lowest BCUT2D eigenvalue weighted by Crippen LogP contribution is -2.39. The van der Waals surface area contributed by atoms with Crippen molar-refractivity contribution in [1.82, 2.24) is 4.90 Å². The number of amides is 1. The van der Waals surface area contributed by atoms with Gasteiger partial charge in [-0.05, 0) is 54.8 Å². The number of fused-ring (bicyclic) bond motifs is 1. The molecule has 1 aliphatic heterocycles. The molecule has 1 N–H and O–H groups in total. The molecule has 0 atom stereocenters. The van der Waals surface area contributed by atoms with Crippen LogP contribution in [0.4, 0.5) is 18.9 Å². The van der Waals surface area contributed by atoms with Crippen LogP contribution in [0.5, 0.6) is 5.75 Å². The molecule has 2 aromatic carbocycles. The van der Waals surface area contributed by atoms with E-state index in [2.05, 4.69) is 5.32 Å². The fourth-order valence-electron chi connectivity index (χ4n) is 3.10. The lowest BCUT2D eigenvalue weighted by atomic mass is 9.99. The molecule has 0 saturated carbocycles. The van der Waals surface area contributed by atoms with E-state index in [0.717, 1.165) is 29.9 Å². The zero-order valence-electron chi connectivity index (χ0n) is 15.0. The van der Waals surface area contributed by atoms with E-state index >= 15 is 0 Å². The molecule has 1 aliphatic rings. The smallest absolute Gasteiger partial charge is 0.416 e. The lowest BCUT2D eigenvalue weighted by Gasteiger charge is -2.29. The first kappa shape index (κ1) is 19.1. The van der Waals surface area contributed by atoms with E-state index < -0.39 is 11.7 Å². The van der Waals surface area contributed by atoms with E-state index in [-0.39, 0.29) is 18.1 Å². The maximum Gasteiger partial charge on any atom is 0.416 e. The van der Waals surface area contributed by atoms with Gasteiger partial charge in [0.25, 0.3) is 0 Å². The number of rotatable bonds is 5. The van der Waals surface area contributed by atoms with Crippen molar-refractivity contribution in [3.8, 4) is 5.75 Å². The van der Waals surface area contributed by atoms with Crippen LogP contribution in [-0.2, 0) is 23.9 Å². The van der Waals surface area contributed by atoms with Crippen LogP contribution in [0.25, 0.3) is 0 Å². The number of ether oxygens (including phenoxy) is 1. The van der Waals surface area contributed by atoms with Crippen LogP contribution < -0.4 is 10.1 Å². The number of benzene rings is 2. The standard InChI is InChI=1S/C20H21F3N2O2/c1-2-27-18-7-6-14-8-9-25(13-15(14)10-18)19(26)12-24-17-5-3-4-16(11-17)20(21,22)23/h3-7,10-11,24H,2,8-9,12-13H2,1H3. The Labute approximate surface area is 155 Å². The molecule has 144 valence electrons. The SMILES string of the molecule is CCOc1ccc2c(c1)CN(C(=O)CNc1cccc(C(F)(F)F)c1)CC2. The molecule has 0 spiro atoms. The van der Waals surface area contributed by atoms with Crippen molar-refractivity contribution in [2.45, 2.75) is 26.1 Å². The maximum atomic E-state index is 12.8. The summed E-state index contributed by atoms with van der Waals surface area (Å²) in [7, 11) is 0. The number of carbonyl (C=O) groups is 1. The van der Waals surface area contributed by atoms with Crippen molar-refractivity contribution in [2.75, 3.05) is 25.0 Å². The Morgan fingerprint density at radius 1 is 1.19 bits per heavy atom. The number of carbonyl (C=O) groups excluding carboxylic acids is 1. The lowest BCUT2D eigenvalue weighted by molar-refractivity contribution is -0.137. The van der Waals surface area contributed by atoms with Gasteiger partial charge in [-0.1, -0.05) is 12.1 Å². The van der Waals surface area contributed by atoms with E-state index in [4.69, 9.17) is 4.74 Å². The molecular weight excluding hydrogens is 357 g/mol. The van der Waals surface area contributed by atoms with Crippen molar-refractivity contribution in [1.29, 1.82) is 0 Å². The minimum atomic E-state index is -4.41. The third kappa shape index (κ3) is 4.72. The highest BCUT2D eigenvalue weighted by atomic mass is 19.4. The Morgan fingerprint density at radius 3 is 2.74 bits per heavy atom. The van der Waals surface area contributed by atoms with E-state index in [1.165, 1.54) is 17.7 Å². The van der Waals surface area contributed by atoms with Crippen molar-refractivity contribution in [3.63, 3.8) is 0 Å². The highest BCUT2D eigenvalue weighted by Crippen LogP contribution is 2.30. The fraction of sp³-hybridized carbons (Fsp3) is 0.350. The molecule has 0 fully saturated rings. The van der Waals surface area contributed by atoms with Gasteiger partial charge >= 0.3 is 6.18 Å². The second kappa shape index (κ2) is 7.90. The van der Waals surface area contributed by atoms with Crippen LogP contribution >= 0.6 is 0 Å². The summed E-state index contributed by atoms with van der Waals surface area (Å²) in [6, 6.07) is 10.7. The summed E-state index contributed by atoms with van der Waals surface area (Å²) in [5.41, 5.74) is 1.76. The zero-order valence-corrected chi connectivity index (χ0v) is 15.0. The topological polar surface area (TPSA) is 41.6 Å². The van der Waals surface area contributed by atoms with E-state index in [1.807, 2.05) is 25.1 Å². The monoisotopic (exact) mass is 378 g/mol. The molecule has 0 saturated heterocycles. The van der Waals surface area contributed by atoms with E-state index in [1.54, 1.807) is 4.90 Å². The minimum Gasteiger partial charge on any atom is -0.494 e. The molecule has 3 rings (SSSR count). The summed E-state index contributed by atoms with van der Waals surface area (Å²) >= 11 is 0. The van der Waals surface area contributed by atoms with Gasteiger partial charge in [-0.3, -0.25) is 4.79 Å². The van der Waals surface area contributed by atoms with Crippen molar-refractivity contribution < 1.29 is 22.7 Å². The second-order valence-electron chi connectivity index (χ2n) is 6.36. The van der Waals surface area contributed by atoms with Crippen LogP contribution in [0.2, 0.25) is 0 Å². The first-order chi connectivity index (χ1) is 12.9. The number of hydrogen-bond acceptors (Lipinski definition) is 3. The Balaban J connectivity index is 1.62. The quantitative estimate of drug-likeness (QED) is 0.852. The number of halogens is 3. The van der Waals surface area contributed by atoms with Crippen molar-refractivity contribution >= 4 is 11.6 Å². The van der Waals surface area contributed by atoms with Crippen LogP contribution in [0.15, 0.2) is 42.5 Å². The Kier molecular flexibility index (Phi) is 5.58. The number of nitrogens with one attached hydrogen (secondary N) is 1. The van der Waals surface area contributed by atoms with Gasteiger partial charge < -0.3 is 15.0 Å². The van der Waals surface area contributed by atoms with Gasteiger partial charge in [0, 0.05) is 18.8 Å². The fourth-order valence-corrected chi connectivity index (χ4v) is 3.10. The Morgan fingerprint density at radius 2 is 2.00 bits per heavy atom. The Hall–Kier alpha value is -2.70. The molecule has 1 heterocycles. The molecule has 1 amide bonds. The van der Waals surface area contributed by atoms with E-state index in [0.29, 0.717) is 19.7 Å². The second-order valence-corrected chi connectivity index (χ2v) is 6.36. The highest BCUT2D eigenvalue weighted by molar-refractivity contribution is 5.81. The predicted molar refractivity (Wildman–Crippen MR) is 96.7 cm³/mol. The summed E-state index contributed by atoms with van der Waals surface area (Å²) in [6.07, 6.45) is -3.66. The summed E-state index contributed by atoms with van der Waals surface area (Å²) in [5, 5.41) is 2.79. The average molecular weight is 378 g/mol. The van der Waals surface area contributed by atoms with Gasteiger partial charge in [0.1, 0.15) is 5.75 Å². The number of nitrogens with zero attached hydrogens (tertiary/aromatic N) is 1. The predicted octanol–water partition coefficient (Wildman–Crippen LogP) is 4.10. The highest BCUT2D eigenvalue weighted by Gasteiger charge is 2.30. The van der Waals surface area contributed by atoms with Crippen molar-refractivity contribution in [3.05, 3.63) is 59.2 Å². The van der Waals surface area contributed by atoms with Gasteiger partial charge in [0.05, 0.1) is 18.7 Å². The molecule has 27 heavy (non-hydrogen) atoms. The molecule has 7 heteroatoms. The summed E-state index contributed by atoms with van der Waals surface area (Å²) in [4.78, 5) is 14.2. The summed E-state index contributed by atoms with van der Waals surface area (Å²) in [5.74, 6) is 0.618. The molecular formula is C20H21F3N2O2. The van der Waals surface area contributed by atoms with Gasteiger partial charge in [-0.25, -0.2) is 0 Å². The van der Waals surface area contributed by atoms with Crippen LogP contribution in [-0.4, -0.2) is 30.5 Å². The molecule has 0 aliphatic carbocycles. The van der Waals surface area contributed by atoms with Gasteiger partial charge in [-0.15, -0.1) is 0 Å². The number of alkyl halides is 3. The third-order valence-electron chi connectivity index (χ3n) is 4.49. The van der Waals surface area contributed by atoms with Crippen LogP contribution in [0, 0.1) is 0 Å². The summed E-state index contributed by atoms with van der Waals surface area (Å²) in [6.45, 7) is 3.49. The average Bonchev–Trinajstić information content (AvgIpc) is 2.65. The molecule has 2 aromatic rings. The van der Waals surface area contributed by atoms with Gasteiger partial charge in [0.15, 0.2) is 0 Å². The number of anilines is 1. The molecule has 0 aromatic heterocycles.